The number of nitrogens with zero attached hydrogens (tertiary/aromatic N) is 3. The Morgan fingerprint density at radius 3 is 2.66 bits per heavy atom. The molecule has 0 aromatic carbocycles. The Labute approximate surface area is 168 Å². The molecular weight excluding hydrogens is 368 g/mol. The van der Waals surface area contributed by atoms with E-state index in [0.29, 0.717) is 29.0 Å². The van der Waals surface area contributed by atoms with Crippen molar-refractivity contribution in [3.8, 4) is 11.1 Å². The van der Waals surface area contributed by atoms with Gasteiger partial charge in [-0.3, -0.25) is 14.6 Å². The summed E-state index contributed by atoms with van der Waals surface area (Å²) in [4.78, 5) is 33.7. The van der Waals surface area contributed by atoms with E-state index in [4.69, 9.17) is 0 Å². The number of aliphatic hydroxyl groups excluding tert-OH is 1. The van der Waals surface area contributed by atoms with E-state index in [0.717, 1.165) is 29.4 Å². The number of nitrogens with one attached hydrogen (secondary N) is 1. The fourth-order valence-corrected chi connectivity index (χ4v) is 3.45. The number of aryl methyl sites for hydroxylation is 2. The minimum absolute atomic E-state index is 0.0190. The quantitative estimate of drug-likeness (QED) is 0.695. The van der Waals surface area contributed by atoms with Crippen molar-refractivity contribution in [2.75, 3.05) is 5.32 Å². The van der Waals surface area contributed by atoms with Gasteiger partial charge in [0.05, 0.1) is 17.3 Å². The van der Waals surface area contributed by atoms with Crippen LogP contribution in [0.5, 0.6) is 0 Å². The van der Waals surface area contributed by atoms with Crippen LogP contribution in [0, 0.1) is 12.8 Å². The first kappa shape index (κ1) is 19.3. The van der Waals surface area contributed by atoms with Crippen LogP contribution in [0.25, 0.3) is 22.0 Å². The minimum Gasteiger partial charge on any atom is -0.387 e. The first-order chi connectivity index (χ1) is 13.9. The molecule has 1 saturated carbocycles. The average molecular weight is 392 g/mol. The normalized spacial score (nSPS) is 14.8. The number of aliphatic hydroxyl groups is 1. The fourth-order valence-electron chi connectivity index (χ4n) is 3.45. The molecule has 0 bridgehead atoms. The molecule has 0 radical (unpaired) electrons. The van der Waals surface area contributed by atoms with E-state index >= 15 is 0 Å². The van der Waals surface area contributed by atoms with E-state index in [9.17, 15) is 14.7 Å². The van der Waals surface area contributed by atoms with Gasteiger partial charge in [-0.15, -0.1) is 0 Å². The summed E-state index contributed by atoms with van der Waals surface area (Å²) in [6.45, 7) is 3.80. The minimum atomic E-state index is -0.615. The second-order valence-corrected chi connectivity index (χ2v) is 7.66. The maximum absolute atomic E-state index is 13.0. The van der Waals surface area contributed by atoms with Gasteiger partial charge >= 0.3 is 0 Å². The van der Waals surface area contributed by atoms with E-state index in [1.165, 1.54) is 0 Å². The van der Waals surface area contributed by atoms with E-state index < -0.39 is 6.10 Å². The van der Waals surface area contributed by atoms with Crippen molar-refractivity contribution in [3.63, 3.8) is 0 Å². The molecule has 3 heterocycles. The number of aromatic nitrogens is 3. The molecule has 7 nitrogen and oxygen atoms in total. The zero-order valence-electron chi connectivity index (χ0n) is 16.8. The van der Waals surface area contributed by atoms with Gasteiger partial charge < -0.3 is 15.0 Å². The summed E-state index contributed by atoms with van der Waals surface area (Å²) in [7, 11) is 1.71. The van der Waals surface area contributed by atoms with Crippen molar-refractivity contribution in [2.45, 2.75) is 39.2 Å². The predicted molar refractivity (Wildman–Crippen MR) is 112 cm³/mol. The molecule has 0 spiro atoms. The van der Waals surface area contributed by atoms with Gasteiger partial charge in [-0.1, -0.05) is 6.92 Å². The molecule has 2 N–H and O–H groups in total. The average Bonchev–Trinajstić information content (AvgIpc) is 3.56. The highest BCUT2D eigenvalue weighted by Crippen LogP contribution is 2.30. The number of hydrogen-bond acceptors (Lipinski definition) is 5. The van der Waals surface area contributed by atoms with Gasteiger partial charge in [-0.2, -0.15) is 0 Å². The molecule has 1 atom stereocenters. The summed E-state index contributed by atoms with van der Waals surface area (Å²) in [5, 5.41) is 13.6. The number of fused-ring (bicyclic) bond motifs is 1. The molecule has 7 heteroatoms. The first-order valence-corrected chi connectivity index (χ1v) is 9.84. The number of carbonyl (C=O) groups excluding carboxylic acids is 1. The van der Waals surface area contributed by atoms with Crippen molar-refractivity contribution in [1.29, 1.82) is 0 Å². The Balaban J connectivity index is 1.75. The lowest BCUT2D eigenvalue weighted by molar-refractivity contribution is -0.117. The van der Waals surface area contributed by atoms with Gasteiger partial charge in [-0.05, 0) is 43.9 Å². The maximum atomic E-state index is 13.0. The van der Waals surface area contributed by atoms with Crippen molar-refractivity contribution < 1.29 is 9.90 Å². The number of pyridine rings is 3. The van der Waals surface area contributed by atoms with E-state index in [1.54, 1.807) is 36.1 Å². The van der Waals surface area contributed by atoms with Gasteiger partial charge in [0.2, 0.25) is 5.91 Å². The van der Waals surface area contributed by atoms with Crippen LogP contribution in [0.1, 0.15) is 43.5 Å². The molecule has 150 valence electrons. The van der Waals surface area contributed by atoms with Gasteiger partial charge in [0.1, 0.15) is 5.82 Å². The lowest BCUT2D eigenvalue weighted by atomic mass is 10.0. The highest BCUT2D eigenvalue weighted by molar-refractivity contribution is 5.95. The number of rotatable bonds is 5. The number of amides is 1. The Morgan fingerprint density at radius 2 is 2.00 bits per heavy atom. The van der Waals surface area contributed by atoms with Crippen molar-refractivity contribution in [3.05, 3.63) is 52.2 Å². The second-order valence-electron chi connectivity index (χ2n) is 7.66. The van der Waals surface area contributed by atoms with Crippen LogP contribution >= 0.6 is 0 Å². The Kier molecular flexibility index (Phi) is 4.92. The summed E-state index contributed by atoms with van der Waals surface area (Å²) in [5.41, 5.74) is 3.27. The highest BCUT2D eigenvalue weighted by atomic mass is 16.3. The number of carbonyl (C=O) groups is 1. The molecule has 0 saturated heterocycles. The largest absolute Gasteiger partial charge is 0.387 e. The molecule has 1 aliphatic rings. The Bertz CT molecular complexity index is 1160. The van der Waals surface area contributed by atoms with Crippen molar-refractivity contribution in [1.82, 2.24) is 14.5 Å². The van der Waals surface area contributed by atoms with E-state index in [1.807, 2.05) is 19.9 Å². The summed E-state index contributed by atoms with van der Waals surface area (Å²) in [5.74, 6) is 0.519. The highest BCUT2D eigenvalue weighted by Gasteiger charge is 2.29. The van der Waals surface area contributed by atoms with Crippen LogP contribution in [0.3, 0.4) is 0 Å². The van der Waals surface area contributed by atoms with E-state index in [-0.39, 0.29) is 17.4 Å². The molecule has 0 unspecified atom stereocenters. The van der Waals surface area contributed by atoms with Crippen LogP contribution < -0.4 is 10.9 Å². The van der Waals surface area contributed by atoms with Gasteiger partial charge in [-0.25, -0.2) is 4.98 Å². The summed E-state index contributed by atoms with van der Waals surface area (Å²) in [6.07, 6.45) is 5.11. The molecule has 0 aliphatic heterocycles. The third-order valence-corrected chi connectivity index (χ3v) is 5.46. The van der Waals surface area contributed by atoms with Crippen molar-refractivity contribution >= 4 is 22.6 Å². The van der Waals surface area contributed by atoms with Crippen LogP contribution in [-0.2, 0) is 11.8 Å². The lowest BCUT2D eigenvalue weighted by Crippen LogP contribution is -2.20. The van der Waals surface area contributed by atoms with Crippen LogP contribution in [0.15, 0.2) is 35.4 Å². The smallest absolute Gasteiger partial charge is 0.258 e. The zero-order chi connectivity index (χ0) is 20.7. The molecule has 29 heavy (non-hydrogen) atoms. The molecule has 1 amide bonds. The SMILES string of the molecule is CC[C@H](O)c1cc(C)c(-c2cc3cnc(NC(=O)C4CC4)cc3n(C)c2=O)cn1. The topological polar surface area (TPSA) is 97.1 Å². The second kappa shape index (κ2) is 7.40. The van der Waals surface area contributed by atoms with Crippen LogP contribution in [-0.4, -0.2) is 25.5 Å². The number of anilines is 1. The molecule has 1 aliphatic carbocycles. The van der Waals surface area contributed by atoms with Crippen LogP contribution in [0.2, 0.25) is 0 Å². The molecule has 4 rings (SSSR count). The van der Waals surface area contributed by atoms with E-state index in [2.05, 4.69) is 15.3 Å². The first-order valence-electron chi connectivity index (χ1n) is 9.84. The molecule has 3 aromatic rings. The molecule has 3 aromatic heterocycles. The summed E-state index contributed by atoms with van der Waals surface area (Å²) in [6, 6.07) is 5.35. The van der Waals surface area contributed by atoms with Crippen LogP contribution in [0.4, 0.5) is 5.82 Å². The fraction of sp³-hybridized carbons (Fsp3) is 0.364. The summed E-state index contributed by atoms with van der Waals surface area (Å²) < 4.78 is 1.56. The molecular formula is C22H24N4O3. The Hall–Kier alpha value is -3.06. The Morgan fingerprint density at radius 1 is 1.24 bits per heavy atom. The summed E-state index contributed by atoms with van der Waals surface area (Å²) >= 11 is 0. The van der Waals surface area contributed by atoms with Gasteiger partial charge in [0, 0.05) is 47.9 Å². The third-order valence-electron chi connectivity index (χ3n) is 5.46. The third kappa shape index (κ3) is 3.65. The predicted octanol–water partition coefficient (Wildman–Crippen LogP) is 3.10. The maximum Gasteiger partial charge on any atom is 0.258 e. The van der Waals surface area contributed by atoms with Gasteiger partial charge in [0.25, 0.3) is 5.56 Å². The standard InChI is InChI=1S/C22H24N4O3/c1-4-19(27)17-7-12(2)16(11-23-17)15-8-14-10-24-20(25-21(28)13-5-6-13)9-18(14)26(3)22(15)29/h7-11,13,19,27H,4-6H2,1-3H3,(H,24,25,28)/t19-/m0/s1. The van der Waals surface area contributed by atoms with Crippen molar-refractivity contribution in [2.24, 2.45) is 13.0 Å². The molecule has 1 fully saturated rings. The monoisotopic (exact) mass is 392 g/mol. The number of hydrogen-bond donors (Lipinski definition) is 2. The zero-order valence-corrected chi connectivity index (χ0v) is 16.8. The lowest BCUT2D eigenvalue weighted by Gasteiger charge is -2.13. The van der Waals surface area contributed by atoms with Gasteiger partial charge in [0.15, 0.2) is 0 Å².